The monoisotopic (exact) mass is 257 g/mol. The maximum Gasteiger partial charge on any atom is 0.0842 e. The number of rotatable bonds is 5. The molecule has 0 heterocycles. The Kier molecular flexibility index (Phi) is 5.19. The van der Waals surface area contributed by atoms with Crippen LogP contribution >= 0.6 is 11.6 Å². The van der Waals surface area contributed by atoms with Gasteiger partial charge in [0.2, 0.25) is 0 Å². The Hall–Kier alpha value is -2.02. The van der Waals surface area contributed by atoms with E-state index < -0.39 is 5.41 Å². The lowest BCUT2D eigenvalue weighted by Crippen LogP contribution is -2.24. The third-order valence-electron chi connectivity index (χ3n) is 2.94. The second kappa shape index (κ2) is 6.65. The van der Waals surface area contributed by atoms with Crippen molar-refractivity contribution in [3.05, 3.63) is 34.9 Å². The fourth-order valence-electron chi connectivity index (χ4n) is 1.90. The maximum atomic E-state index is 9.45. The molecule has 3 nitrogen and oxygen atoms in total. The van der Waals surface area contributed by atoms with Crippen LogP contribution in [-0.2, 0) is 5.41 Å². The van der Waals surface area contributed by atoms with E-state index >= 15 is 0 Å². The highest BCUT2D eigenvalue weighted by Crippen LogP contribution is 2.34. The standard InChI is InChI=1S/C14H12ClN3/c15-13-5-3-12(4-6-13)14(11-18,7-1-9-16)8-2-10-17/h3-6H,1-2,7-8H2. The quantitative estimate of drug-likeness (QED) is 0.807. The lowest BCUT2D eigenvalue weighted by Gasteiger charge is -2.25. The summed E-state index contributed by atoms with van der Waals surface area (Å²) in [7, 11) is 0. The molecule has 0 aromatic heterocycles. The molecule has 90 valence electrons. The highest BCUT2D eigenvalue weighted by Gasteiger charge is 2.31. The summed E-state index contributed by atoms with van der Waals surface area (Å²) in [5.74, 6) is 0. The first-order chi connectivity index (χ1) is 8.68. The van der Waals surface area contributed by atoms with Crippen LogP contribution in [0.15, 0.2) is 24.3 Å². The average molecular weight is 258 g/mol. The highest BCUT2D eigenvalue weighted by molar-refractivity contribution is 6.30. The fourth-order valence-corrected chi connectivity index (χ4v) is 2.02. The Morgan fingerprint density at radius 3 is 1.83 bits per heavy atom. The fraction of sp³-hybridized carbons (Fsp3) is 0.357. The van der Waals surface area contributed by atoms with Gasteiger partial charge in [-0.3, -0.25) is 0 Å². The molecule has 18 heavy (non-hydrogen) atoms. The van der Waals surface area contributed by atoms with Gasteiger partial charge in [0.05, 0.1) is 23.6 Å². The second-order valence-electron chi connectivity index (χ2n) is 4.02. The van der Waals surface area contributed by atoms with Crippen molar-refractivity contribution in [3.8, 4) is 18.2 Å². The molecule has 0 saturated carbocycles. The molecule has 0 aliphatic rings. The number of hydrogen-bond acceptors (Lipinski definition) is 3. The Morgan fingerprint density at radius 1 is 0.944 bits per heavy atom. The van der Waals surface area contributed by atoms with Crippen LogP contribution in [0, 0.1) is 34.0 Å². The molecule has 0 spiro atoms. The number of nitrogens with zero attached hydrogens (tertiary/aromatic N) is 3. The zero-order chi connectivity index (χ0) is 13.4. The van der Waals surface area contributed by atoms with Crippen LogP contribution in [0.5, 0.6) is 0 Å². The van der Waals surface area contributed by atoms with E-state index in [1.165, 1.54) is 0 Å². The lowest BCUT2D eigenvalue weighted by atomic mass is 9.75. The van der Waals surface area contributed by atoms with Crippen LogP contribution in [0.25, 0.3) is 0 Å². The molecule has 0 unspecified atom stereocenters. The van der Waals surface area contributed by atoms with Crippen LogP contribution in [0.1, 0.15) is 31.2 Å². The first-order valence-corrected chi connectivity index (χ1v) is 5.97. The van der Waals surface area contributed by atoms with Gasteiger partial charge in [0.15, 0.2) is 0 Å². The Labute approximate surface area is 112 Å². The molecule has 0 aliphatic carbocycles. The van der Waals surface area contributed by atoms with Crippen molar-refractivity contribution < 1.29 is 0 Å². The maximum absolute atomic E-state index is 9.45. The van der Waals surface area contributed by atoms with Crippen molar-refractivity contribution in [3.63, 3.8) is 0 Å². The summed E-state index contributed by atoms with van der Waals surface area (Å²) in [6, 6.07) is 13.4. The van der Waals surface area contributed by atoms with Crippen LogP contribution in [-0.4, -0.2) is 0 Å². The van der Waals surface area contributed by atoms with E-state index in [4.69, 9.17) is 22.1 Å². The van der Waals surface area contributed by atoms with E-state index in [9.17, 15) is 5.26 Å². The summed E-state index contributed by atoms with van der Waals surface area (Å²) >= 11 is 5.83. The van der Waals surface area contributed by atoms with E-state index in [1.807, 2.05) is 0 Å². The molecular weight excluding hydrogens is 246 g/mol. The third-order valence-corrected chi connectivity index (χ3v) is 3.19. The molecule has 1 aromatic carbocycles. The van der Waals surface area contributed by atoms with Gasteiger partial charge in [-0.15, -0.1) is 0 Å². The van der Waals surface area contributed by atoms with Crippen molar-refractivity contribution in [2.24, 2.45) is 0 Å². The summed E-state index contributed by atoms with van der Waals surface area (Å²) < 4.78 is 0. The molecule has 0 bridgehead atoms. The molecular formula is C14H12ClN3. The number of halogens is 1. The minimum atomic E-state index is -0.768. The third kappa shape index (κ3) is 3.24. The zero-order valence-corrected chi connectivity index (χ0v) is 10.6. The van der Waals surface area contributed by atoms with Crippen LogP contribution < -0.4 is 0 Å². The molecule has 0 aliphatic heterocycles. The first-order valence-electron chi connectivity index (χ1n) is 5.60. The van der Waals surface area contributed by atoms with Crippen LogP contribution in [0.3, 0.4) is 0 Å². The van der Waals surface area contributed by atoms with Crippen LogP contribution in [0.4, 0.5) is 0 Å². The van der Waals surface area contributed by atoms with E-state index in [1.54, 1.807) is 24.3 Å². The zero-order valence-electron chi connectivity index (χ0n) is 9.86. The van der Waals surface area contributed by atoms with Crippen molar-refractivity contribution in [1.29, 1.82) is 15.8 Å². The number of nitriles is 3. The Bertz CT molecular complexity index is 496. The number of hydrogen-bond donors (Lipinski definition) is 0. The van der Waals surface area contributed by atoms with Gasteiger partial charge in [0.1, 0.15) is 0 Å². The van der Waals surface area contributed by atoms with Gasteiger partial charge in [-0.1, -0.05) is 23.7 Å². The van der Waals surface area contributed by atoms with Gasteiger partial charge in [-0.2, -0.15) is 15.8 Å². The minimum Gasteiger partial charge on any atom is -0.198 e. The predicted molar refractivity (Wildman–Crippen MR) is 68.4 cm³/mol. The largest absolute Gasteiger partial charge is 0.198 e. The number of benzene rings is 1. The Balaban J connectivity index is 3.10. The summed E-state index contributed by atoms with van der Waals surface area (Å²) in [5, 5.41) is 27.4. The molecule has 1 rings (SSSR count). The van der Waals surface area contributed by atoms with Crippen molar-refractivity contribution >= 4 is 11.6 Å². The van der Waals surface area contributed by atoms with Gasteiger partial charge in [0.25, 0.3) is 0 Å². The topological polar surface area (TPSA) is 71.4 Å². The predicted octanol–water partition coefficient (Wildman–Crippen LogP) is 3.71. The summed E-state index contributed by atoms with van der Waals surface area (Å²) in [4.78, 5) is 0. The molecule has 0 N–H and O–H groups in total. The average Bonchev–Trinajstić information content (AvgIpc) is 2.41. The second-order valence-corrected chi connectivity index (χ2v) is 4.45. The molecule has 0 atom stereocenters. The molecule has 0 fully saturated rings. The van der Waals surface area contributed by atoms with E-state index in [2.05, 4.69) is 18.2 Å². The summed E-state index contributed by atoms with van der Waals surface area (Å²) in [6.07, 6.45) is 1.45. The van der Waals surface area contributed by atoms with Crippen molar-refractivity contribution in [1.82, 2.24) is 0 Å². The van der Waals surface area contributed by atoms with Gasteiger partial charge in [0, 0.05) is 17.9 Å². The summed E-state index contributed by atoms with van der Waals surface area (Å²) in [5.41, 5.74) is 0.0515. The van der Waals surface area contributed by atoms with Crippen molar-refractivity contribution in [2.75, 3.05) is 0 Å². The normalized spacial score (nSPS) is 10.1. The molecule has 4 heteroatoms. The van der Waals surface area contributed by atoms with E-state index in [-0.39, 0.29) is 0 Å². The van der Waals surface area contributed by atoms with E-state index in [0.717, 1.165) is 5.56 Å². The first kappa shape index (κ1) is 14.0. The van der Waals surface area contributed by atoms with Gasteiger partial charge in [-0.05, 0) is 30.5 Å². The minimum absolute atomic E-state index is 0.293. The molecule has 0 radical (unpaired) electrons. The highest BCUT2D eigenvalue weighted by atomic mass is 35.5. The van der Waals surface area contributed by atoms with Crippen LogP contribution in [0.2, 0.25) is 5.02 Å². The lowest BCUT2D eigenvalue weighted by molar-refractivity contribution is 0.477. The molecule has 0 amide bonds. The van der Waals surface area contributed by atoms with Gasteiger partial charge >= 0.3 is 0 Å². The Morgan fingerprint density at radius 2 is 1.44 bits per heavy atom. The van der Waals surface area contributed by atoms with Gasteiger partial charge in [-0.25, -0.2) is 0 Å². The molecule has 0 saturated heterocycles. The van der Waals surface area contributed by atoms with Crippen molar-refractivity contribution in [2.45, 2.75) is 31.1 Å². The summed E-state index contributed by atoms with van der Waals surface area (Å²) in [6.45, 7) is 0. The molecule has 1 aromatic rings. The van der Waals surface area contributed by atoms with E-state index in [0.29, 0.717) is 30.7 Å². The SMILES string of the molecule is N#CCCC(C#N)(CCC#N)c1ccc(Cl)cc1. The smallest absolute Gasteiger partial charge is 0.0842 e. The van der Waals surface area contributed by atoms with Gasteiger partial charge < -0.3 is 0 Å².